The van der Waals surface area contributed by atoms with Crippen molar-refractivity contribution in [3.63, 3.8) is 0 Å². The van der Waals surface area contributed by atoms with E-state index < -0.39 is 8.07 Å². The molecule has 0 bridgehead atoms. The minimum atomic E-state index is -1.31. The van der Waals surface area contributed by atoms with Crippen molar-refractivity contribution in [2.45, 2.75) is 45.5 Å². The summed E-state index contributed by atoms with van der Waals surface area (Å²) >= 11 is 2.15. The molecular formula is C21H30INO3Si. The van der Waals surface area contributed by atoms with Crippen LogP contribution < -0.4 is 4.74 Å². The lowest BCUT2D eigenvalue weighted by molar-refractivity contribution is 0.0472. The minimum Gasteiger partial charge on any atom is -0.497 e. The number of rotatable bonds is 9. The third-order valence-electron chi connectivity index (χ3n) is 4.02. The van der Waals surface area contributed by atoms with Crippen LogP contribution >= 0.6 is 22.6 Å². The van der Waals surface area contributed by atoms with Crippen LogP contribution in [0.5, 0.6) is 5.75 Å². The van der Waals surface area contributed by atoms with Gasteiger partial charge in [-0.05, 0) is 35.3 Å². The molecule has 0 unspecified atom stereocenters. The first kappa shape index (κ1) is 23.6. The maximum atomic E-state index is 12.1. The molecule has 27 heavy (non-hydrogen) atoms. The van der Waals surface area contributed by atoms with Crippen LogP contribution in [0.3, 0.4) is 0 Å². The summed E-state index contributed by atoms with van der Waals surface area (Å²) in [6.45, 7) is 7.15. The zero-order chi connectivity index (χ0) is 20.1. The summed E-state index contributed by atoms with van der Waals surface area (Å²) in [5, 5.41) is 0. The van der Waals surface area contributed by atoms with Crippen LogP contribution in [-0.4, -0.2) is 30.2 Å². The number of carbonyl (C=O) groups is 1. The lowest BCUT2D eigenvalue weighted by Gasteiger charge is -2.22. The summed E-state index contributed by atoms with van der Waals surface area (Å²) in [6.07, 6.45) is 6.68. The SMILES string of the molecule is CCCC[Si](C)(C)COc1ccc(C(=O)OCc2cccnc2)cc1.CI. The Bertz CT molecular complexity index is 663. The molecule has 0 radical (unpaired) electrons. The first-order valence-electron chi connectivity index (χ1n) is 9.17. The lowest BCUT2D eigenvalue weighted by atomic mass is 10.2. The van der Waals surface area contributed by atoms with Crippen molar-refractivity contribution in [2.24, 2.45) is 0 Å². The van der Waals surface area contributed by atoms with E-state index >= 15 is 0 Å². The standard InChI is InChI=1S/C20H27NO3Si.CH3I/c1-4-5-13-25(2,3)16-24-19-10-8-18(9-11-19)20(22)23-15-17-7-6-12-21-14-17;1-2/h6-12,14H,4-5,13,15-16H2,1-3H3;1H3. The fourth-order valence-corrected chi connectivity index (χ4v) is 4.42. The molecule has 1 aromatic heterocycles. The van der Waals surface area contributed by atoms with E-state index in [2.05, 4.69) is 47.6 Å². The van der Waals surface area contributed by atoms with Crippen LogP contribution in [0.1, 0.15) is 35.7 Å². The van der Waals surface area contributed by atoms with Crippen molar-refractivity contribution in [1.82, 2.24) is 4.98 Å². The molecule has 2 rings (SSSR count). The first-order chi connectivity index (χ1) is 13.0. The van der Waals surface area contributed by atoms with Crippen LogP contribution in [0.25, 0.3) is 0 Å². The second-order valence-electron chi connectivity index (χ2n) is 7.02. The maximum Gasteiger partial charge on any atom is 0.338 e. The van der Waals surface area contributed by atoms with Crippen LogP contribution in [0, 0.1) is 0 Å². The van der Waals surface area contributed by atoms with Gasteiger partial charge < -0.3 is 9.47 Å². The number of nitrogens with zero attached hydrogens (tertiary/aromatic N) is 1. The molecule has 0 spiro atoms. The summed E-state index contributed by atoms with van der Waals surface area (Å²) < 4.78 is 11.2. The molecule has 0 fully saturated rings. The fourth-order valence-electron chi connectivity index (χ4n) is 2.41. The smallest absolute Gasteiger partial charge is 0.338 e. The zero-order valence-electron chi connectivity index (χ0n) is 16.7. The number of carbonyl (C=O) groups excluding carboxylic acids is 1. The highest BCUT2D eigenvalue weighted by molar-refractivity contribution is 14.1. The number of alkyl halides is 1. The molecule has 0 atom stereocenters. The molecule has 4 nitrogen and oxygen atoms in total. The van der Waals surface area contributed by atoms with Crippen LogP contribution in [0.15, 0.2) is 48.8 Å². The Labute approximate surface area is 177 Å². The van der Waals surface area contributed by atoms with Gasteiger partial charge in [0.1, 0.15) is 12.4 Å². The van der Waals surface area contributed by atoms with Crippen molar-refractivity contribution in [3.05, 3.63) is 59.9 Å². The number of esters is 1. The second kappa shape index (κ2) is 12.9. The summed E-state index contributed by atoms with van der Waals surface area (Å²) in [5.41, 5.74) is 1.40. The van der Waals surface area contributed by atoms with Crippen LogP contribution in [0.2, 0.25) is 19.1 Å². The maximum absolute atomic E-state index is 12.1. The zero-order valence-corrected chi connectivity index (χ0v) is 19.9. The predicted molar refractivity (Wildman–Crippen MR) is 122 cm³/mol. The number of aromatic nitrogens is 1. The molecule has 0 saturated carbocycles. The van der Waals surface area contributed by atoms with Gasteiger partial charge in [-0.15, -0.1) is 0 Å². The highest BCUT2D eigenvalue weighted by atomic mass is 127. The van der Waals surface area contributed by atoms with Gasteiger partial charge in [0, 0.05) is 18.0 Å². The predicted octanol–water partition coefficient (Wildman–Crippen LogP) is 5.92. The Hall–Kier alpha value is -1.41. The number of benzene rings is 1. The molecule has 0 aliphatic heterocycles. The Morgan fingerprint density at radius 2 is 1.85 bits per heavy atom. The molecule has 6 heteroatoms. The number of hydrogen-bond donors (Lipinski definition) is 0. The lowest BCUT2D eigenvalue weighted by Crippen LogP contribution is -2.34. The normalized spacial score (nSPS) is 10.6. The summed E-state index contributed by atoms with van der Waals surface area (Å²) in [4.78, 5) is 18.1. The van der Waals surface area contributed by atoms with Gasteiger partial charge in [0.25, 0.3) is 0 Å². The van der Waals surface area contributed by atoms with E-state index in [1.807, 2.05) is 29.2 Å². The van der Waals surface area contributed by atoms with Gasteiger partial charge in [-0.2, -0.15) is 0 Å². The number of unbranched alkanes of at least 4 members (excludes halogenated alkanes) is 1. The third-order valence-corrected chi connectivity index (χ3v) is 6.65. The second-order valence-corrected chi connectivity index (χ2v) is 12.1. The van der Waals surface area contributed by atoms with Crippen LogP contribution in [-0.2, 0) is 11.3 Å². The van der Waals surface area contributed by atoms with Crippen molar-refractivity contribution in [3.8, 4) is 5.75 Å². The monoisotopic (exact) mass is 499 g/mol. The van der Waals surface area contributed by atoms with Gasteiger partial charge in [-0.1, -0.05) is 67.6 Å². The van der Waals surface area contributed by atoms with Gasteiger partial charge in [0.05, 0.1) is 19.9 Å². The van der Waals surface area contributed by atoms with Gasteiger partial charge in [-0.3, -0.25) is 4.98 Å². The summed E-state index contributed by atoms with van der Waals surface area (Å²) in [7, 11) is -1.31. The number of hydrogen-bond acceptors (Lipinski definition) is 4. The van der Waals surface area contributed by atoms with Crippen molar-refractivity contribution >= 4 is 36.6 Å². The number of halogens is 1. The topological polar surface area (TPSA) is 48.4 Å². The molecule has 148 valence electrons. The molecule has 1 heterocycles. The Kier molecular flexibility index (Phi) is 11.3. The summed E-state index contributed by atoms with van der Waals surface area (Å²) in [5.74, 6) is 0.467. The Morgan fingerprint density at radius 1 is 1.15 bits per heavy atom. The van der Waals surface area contributed by atoms with E-state index in [4.69, 9.17) is 9.47 Å². The fraction of sp³-hybridized carbons (Fsp3) is 0.429. The van der Waals surface area contributed by atoms with E-state index in [0.29, 0.717) is 5.56 Å². The van der Waals surface area contributed by atoms with Gasteiger partial charge in [0.15, 0.2) is 0 Å². The molecule has 0 aliphatic rings. The van der Waals surface area contributed by atoms with E-state index in [-0.39, 0.29) is 12.6 Å². The largest absolute Gasteiger partial charge is 0.497 e. The quantitative estimate of drug-likeness (QED) is 0.186. The van der Waals surface area contributed by atoms with Crippen molar-refractivity contribution in [2.75, 3.05) is 11.2 Å². The van der Waals surface area contributed by atoms with E-state index in [9.17, 15) is 4.79 Å². The van der Waals surface area contributed by atoms with Gasteiger partial charge in [-0.25, -0.2) is 4.79 Å². The van der Waals surface area contributed by atoms with Gasteiger partial charge >= 0.3 is 5.97 Å². The average molecular weight is 499 g/mol. The molecule has 1 aromatic carbocycles. The van der Waals surface area contributed by atoms with Crippen molar-refractivity contribution < 1.29 is 14.3 Å². The van der Waals surface area contributed by atoms with E-state index in [1.165, 1.54) is 18.9 Å². The van der Waals surface area contributed by atoms with Gasteiger partial charge in [0.2, 0.25) is 0 Å². The number of pyridine rings is 1. The molecule has 2 aromatic rings. The molecule has 0 amide bonds. The van der Waals surface area contributed by atoms with E-state index in [0.717, 1.165) is 17.5 Å². The molecule has 0 saturated heterocycles. The molecule has 0 N–H and O–H groups in total. The molecular weight excluding hydrogens is 469 g/mol. The highest BCUT2D eigenvalue weighted by Gasteiger charge is 2.21. The number of ether oxygens (including phenoxy) is 2. The summed E-state index contributed by atoms with van der Waals surface area (Å²) in [6, 6.07) is 12.2. The Morgan fingerprint density at radius 3 is 2.44 bits per heavy atom. The first-order valence-corrected chi connectivity index (χ1v) is 14.7. The molecule has 0 aliphatic carbocycles. The minimum absolute atomic E-state index is 0.224. The third kappa shape index (κ3) is 9.37. The highest BCUT2D eigenvalue weighted by Crippen LogP contribution is 2.18. The average Bonchev–Trinajstić information content (AvgIpc) is 2.72. The Balaban J connectivity index is 0.00000176. The van der Waals surface area contributed by atoms with E-state index in [1.54, 1.807) is 24.5 Å². The van der Waals surface area contributed by atoms with Crippen LogP contribution in [0.4, 0.5) is 0 Å². The van der Waals surface area contributed by atoms with Crippen molar-refractivity contribution in [1.29, 1.82) is 0 Å².